The topological polar surface area (TPSA) is 99.0 Å². The molecule has 196 valence electrons. The first kappa shape index (κ1) is 25.4. The minimum absolute atomic E-state index is 0.280. The average Bonchev–Trinajstić information content (AvgIpc) is 3.73. The van der Waals surface area contributed by atoms with E-state index in [1.54, 1.807) is 48.1 Å². The van der Waals surface area contributed by atoms with E-state index in [0.29, 0.717) is 38.4 Å². The second-order valence-electron chi connectivity index (χ2n) is 8.72. The summed E-state index contributed by atoms with van der Waals surface area (Å²) in [5.74, 6) is 0.434. The molecule has 10 heteroatoms. The number of hydrogen-bond donors (Lipinski definition) is 1. The lowest BCUT2D eigenvalue weighted by Gasteiger charge is -2.09. The summed E-state index contributed by atoms with van der Waals surface area (Å²) in [6.07, 6.45) is 7.11. The van der Waals surface area contributed by atoms with Gasteiger partial charge in [-0.25, -0.2) is 9.97 Å². The van der Waals surface area contributed by atoms with Gasteiger partial charge >= 0.3 is 5.91 Å². The van der Waals surface area contributed by atoms with Crippen LogP contribution in [0.5, 0.6) is 11.5 Å². The third-order valence-corrected chi connectivity index (χ3v) is 7.54. The number of benzene rings is 3. The van der Waals surface area contributed by atoms with Crippen molar-refractivity contribution in [1.82, 2.24) is 19.7 Å². The first-order valence-electron chi connectivity index (χ1n) is 12.3. The Labute approximate surface area is 237 Å². The number of carbonyl (C=O) groups excluding carboxylic acids is 2. The van der Waals surface area contributed by atoms with E-state index in [1.165, 1.54) is 27.4 Å². The van der Waals surface area contributed by atoms with E-state index in [2.05, 4.69) is 20.4 Å². The number of aromatic nitrogens is 4. The molecule has 0 aliphatic heterocycles. The number of aryl methyl sites for hydroxylation is 1. The first-order chi connectivity index (χ1) is 19.5. The van der Waals surface area contributed by atoms with Crippen LogP contribution in [-0.2, 0) is 0 Å². The summed E-state index contributed by atoms with van der Waals surface area (Å²) in [4.78, 5) is 35.1. The number of fused-ring (bicyclic) bond motifs is 1. The van der Waals surface area contributed by atoms with Gasteiger partial charge in [0.1, 0.15) is 11.5 Å². The van der Waals surface area contributed by atoms with E-state index in [-0.39, 0.29) is 11.8 Å². The van der Waals surface area contributed by atoms with Gasteiger partial charge in [-0.1, -0.05) is 42.5 Å². The predicted octanol–water partition coefficient (Wildman–Crippen LogP) is 7.16. The third-order valence-electron chi connectivity index (χ3n) is 5.87. The van der Waals surface area contributed by atoms with Crippen LogP contribution in [0.1, 0.15) is 35.7 Å². The standard InChI is InChI=1S/C30H21N5O3S2/c1-19-18-32-28(40-19)27(36)33-21-8-5-9-22(16-21)38-23-11-12-24-25(13-10-20-6-3-2-4-7-20)34-35(26(24)17-23)30(37)29-31-14-15-39-29/h2-18H,1H3,(H,33,36)/b13-10+. The Morgan fingerprint density at radius 1 is 0.925 bits per heavy atom. The highest BCUT2D eigenvalue weighted by molar-refractivity contribution is 7.13. The van der Waals surface area contributed by atoms with Crippen LogP contribution in [0.4, 0.5) is 5.69 Å². The van der Waals surface area contributed by atoms with Gasteiger partial charge in [-0.3, -0.25) is 9.59 Å². The molecular formula is C30H21N5O3S2. The fourth-order valence-corrected chi connectivity index (χ4v) is 5.26. The van der Waals surface area contributed by atoms with Crippen molar-refractivity contribution in [2.45, 2.75) is 6.92 Å². The molecule has 0 unspecified atom stereocenters. The molecule has 6 rings (SSSR count). The molecule has 0 saturated carbocycles. The van der Waals surface area contributed by atoms with Gasteiger partial charge in [0, 0.05) is 45.9 Å². The number of amides is 1. The fourth-order valence-electron chi connectivity index (χ4n) is 4.04. The molecule has 1 N–H and O–H groups in total. The van der Waals surface area contributed by atoms with Crippen molar-refractivity contribution in [3.8, 4) is 11.5 Å². The van der Waals surface area contributed by atoms with E-state index < -0.39 is 0 Å². The summed E-state index contributed by atoms with van der Waals surface area (Å²) in [5, 5.41) is 10.8. The molecular weight excluding hydrogens is 542 g/mol. The smallest absolute Gasteiger partial charge is 0.307 e. The Kier molecular flexibility index (Phi) is 7.00. The van der Waals surface area contributed by atoms with Gasteiger partial charge in [0.25, 0.3) is 5.91 Å². The highest BCUT2D eigenvalue weighted by Gasteiger charge is 2.19. The Morgan fingerprint density at radius 2 is 1.77 bits per heavy atom. The van der Waals surface area contributed by atoms with E-state index in [0.717, 1.165) is 15.8 Å². The Balaban J connectivity index is 1.31. The molecule has 0 aliphatic carbocycles. The van der Waals surface area contributed by atoms with Crippen molar-refractivity contribution >= 4 is 63.2 Å². The summed E-state index contributed by atoms with van der Waals surface area (Å²) in [7, 11) is 0. The van der Waals surface area contributed by atoms with Gasteiger partial charge < -0.3 is 10.1 Å². The molecule has 6 aromatic rings. The highest BCUT2D eigenvalue weighted by Crippen LogP contribution is 2.30. The molecule has 0 radical (unpaired) electrons. The van der Waals surface area contributed by atoms with E-state index in [4.69, 9.17) is 4.74 Å². The maximum atomic E-state index is 13.3. The van der Waals surface area contributed by atoms with Gasteiger partial charge in [-0.05, 0) is 42.8 Å². The molecule has 0 spiro atoms. The van der Waals surface area contributed by atoms with Gasteiger partial charge in [0.2, 0.25) is 0 Å². The van der Waals surface area contributed by atoms with Crippen molar-refractivity contribution in [2.75, 3.05) is 5.32 Å². The van der Waals surface area contributed by atoms with Gasteiger partial charge in [0.15, 0.2) is 10.0 Å². The molecule has 1 amide bonds. The van der Waals surface area contributed by atoms with Crippen LogP contribution in [0, 0.1) is 6.92 Å². The van der Waals surface area contributed by atoms with Crippen LogP contribution in [0.15, 0.2) is 90.6 Å². The van der Waals surface area contributed by atoms with Crippen molar-refractivity contribution in [2.24, 2.45) is 0 Å². The van der Waals surface area contributed by atoms with Crippen LogP contribution in [0.25, 0.3) is 23.1 Å². The van der Waals surface area contributed by atoms with Crippen molar-refractivity contribution < 1.29 is 14.3 Å². The molecule has 3 aromatic carbocycles. The van der Waals surface area contributed by atoms with Crippen molar-refractivity contribution in [3.05, 3.63) is 117 Å². The van der Waals surface area contributed by atoms with E-state index in [9.17, 15) is 9.59 Å². The lowest BCUT2D eigenvalue weighted by atomic mass is 10.1. The number of carbonyl (C=O) groups is 2. The number of hydrogen-bond acceptors (Lipinski definition) is 8. The van der Waals surface area contributed by atoms with E-state index >= 15 is 0 Å². The lowest BCUT2D eigenvalue weighted by molar-refractivity contribution is 0.0949. The number of nitrogens with one attached hydrogen (secondary N) is 1. The first-order valence-corrected chi connectivity index (χ1v) is 13.9. The normalized spacial score (nSPS) is 11.2. The summed E-state index contributed by atoms with van der Waals surface area (Å²) >= 11 is 2.59. The molecule has 3 aromatic heterocycles. The summed E-state index contributed by atoms with van der Waals surface area (Å²) < 4.78 is 7.49. The van der Waals surface area contributed by atoms with Crippen LogP contribution < -0.4 is 10.1 Å². The largest absolute Gasteiger partial charge is 0.457 e. The van der Waals surface area contributed by atoms with Crippen LogP contribution >= 0.6 is 22.7 Å². The maximum Gasteiger partial charge on any atom is 0.307 e. The summed E-state index contributed by atoms with van der Waals surface area (Å²) in [5.41, 5.74) is 2.84. The monoisotopic (exact) mass is 563 g/mol. The number of rotatable bonds is 7. The Morgan fingerprint density at radius 3 is 2.55 bits per heavy atom. The average molecular weight is 564 g/mol. The number of anilines is 1. The second-order valence-corrected chi connectivity index (χ2v) is 10.9. The SMILES string of the molecule is Cc1cnc(C(=O)Nc2cccc(Oc3ccc4c(/C=C/c5ccccc5)nn(C(=O)c5nccs5)c4c3)c2)s1. The van der Waals surface area contributed by atoms with E-state index in [1.807, 2.05) is 61.5 Å². The molecule has 0 atom stereocenters. The fraction of sp³-hybridized carbons (Fsp3) is 0.0333. The van der Waals surface area contributed by atoms with Gasteiger partial charge in [0.05, 0.1) is 11.2 Å². The lowest BCUT2D eigenvalue weighted by Crippen LogP contribution is -2.13. The third kappa shape index (κ3) is 5.44. The molecule has 0 aliphatic rings. The van der Waals surface area contributed by atoms with Crippen molar-refractivity contribution in [1.29, 1.82) is 0 Å². The zero-order valence-corrected chi connectivity index (χ0v) is 22.8. The van der Waals surface area contributed by atoms with Crippen LogP contribution in [0.3, 0.4) is 0 Å². The second kappa shape index (κ2) is 11.0. The molecule has 0 saturated heterocycles. The van der Waals surface area contributed by atoms with Gasteiger partial charge in [-0.15, -0.1) is 22.7 Å². The number of ether oxygens (including phenoxy) is 1. The highest BCUT2D eigenvalue weighted by atomic mass is 32.1. The molecule has 40 heavy (non-hydrogen) atoms. The maximum absolute atomic E-state index is 13.3. The molecule has 8 nitrogen and oxygen atoms in total. The summed E-state index contributed by atoms with van der Waals surface area (Å²) in [6, 6.07) is 22.5. The molecule has 0 bridgehead atoms. The predicted molar refractivity (Wildman–Crippen MR) is 158 cm³/mol. The minimum Gasteiger partial charge on any atom is -0.457 e. The van der Waals surface area contributed by atoms with Gasteiger partial charge in [-0.2, -0.15) is 9.78 Å². The quantitative estimate of drug-likeness (QED) is 0.221. The number of nitrogens with zero attached hydrogens (tertiary/aromatic N) is 4. The van der Waals surface area contributed by atoms with Crippen LogP contribution in [-0.4, -0.2) is 31.6 Å². The molecule has 3 heterocycles. The minimum atomic E-state index is -0.321. The zero-order valence-electron chi connectivity index (χ0n) is 21.1. The Bertz CT molecular complexity index is 1860. The molecule has 0 fully saturated rings. The summed E-state index contributed by atoms with van der Waals surface area (Å²) in [6.45, 7) is 1.90. The Hall–Kier alpha value is -4.93. The number of thiazole rings is 2. The van der Waals surface area contributed by atoms with Crippen molar-refractivity contribution in [3.63, 3.8) is 0 Å². The zero-order chi connectivity index (χ0) is 27.5. The van der Waals surface area contributed by atoms with Crippen LogP contribution in [0.2, 0.25) is 0 Å².